The van der Waals surface area contributed by atoms with Gasteiger partial charge in [-0.05, 0) is 12.0 Å². The number of aliphatic hydroxyl groups excluding tert-OH is 1. The highest BCUT2D eigenvalue weighted by Crippen LogP contribution is 2.44. The molecule has 1 aliphatic heterocycles. The van der Waals surface area contributed by atoms with E-state index in [2.05, 4.69) is 4.98 Å². The van der Waals surface area contributed by atoms with Gasteiger partial charge in [-0.3, -0.25) is 9.36 Å². The molecule has 2 rings (SSSR count). The van der Waals surface area contributed by atoms with Gasteiger partial charge in [0.05, 0.1) is 6.61 Å². The van der Waals surface area contributed by atoms with E-state index in [0.717, 1.165) is 12.3 Å². The third-order valence-electron chi connectivity index (χ3n) is 4.41. The Labute approximate surface area is 147 Å². The number of esters is 1. The first-order valence-corrected chi connectivity index (χ1v) is 8.08. The molecule has 0 radical (unpaired) electrons. The van der Waals surface area contributed by atoms with Crippen LogP contribution in [0.3, 0.4) is 0 Å². The lowest BCUT2D eigenvalue weighted by molar-refractivity contribution is -0.178. The Bertz CT molecular complexity index is 714. The van der Waals surface area contributed by atoms with E-state index >= 15 is 0 Å². The van der Waals surface area contributed by atoms with Gasteiger partial charge < -0.3 is 26.0 Å². The van der Waals surface area contributed by atoms with E-state index in [9.17, 15) is 23.5 Å². The van der Waals surface area contributed by atoms with Crippen LogP contribution in [0.15, 0.2) is 17.1 Å². The lowest BCUT2D eigenvalue weighted by Crippen LogP contribution is -2.48. The number of hydrogen-bond donors (Lipinski definition) is 3. The monoisotopic (exact) mass is 376 g/mol. The summed E-state index contributed by atoms with van der Waals surface area (Å²) < 4.78 is 40.1. The average Bonchev–Trinajstić information content (AvgIpc) is 2.84. The highest BCUT2D eigenvalue weighted by molar-refractivity contribution is 5.76. The van der Waals surface area contributed by atoms with Crippen molar-refractivity contribution in [2.24, 2.45) is 11.7 Å². The van der Waals surface area contributed by atoms with E-state index in [0.29, 0.717) is 11.0 Å². The van der Waals surface area contributed by atoms with Crippen molar-refractivity contribution in [2.75, 3.05) is 12.3 Å². The smallest absolute Gasteiger partial charge is 0.351 e. The Morgan fingerprint density at radius 2 is 2.23 bits per heavy atom. The van der Waals surface area contributed by atoms with Crippen LogP contribution in [0.4, 0.5) is 14.6 Å². The molecule has 26 heavy (non-hydrogen) atoms. The second kappa shape index (κ2) is 7.64. The number of anilines is 1. The minimum Gasteiger partial charge on any atom is -0.452 e. The molecule has 2 heterocycles. The molecule has 1 aliphatic rings. The molecule has 0 amide bonds. The van der Waals surface area contributed by atoms with Gasteiger partial charge in [-0.25, -0.2) is 4.79 Å². The van der Waals surface area contributed by atoms with Crippen LogP contribution in [-0.2, 0) is 14.3 Å². The summed E-state index contributed by atoms with van der Waals surface area (Å²) in [5.41, 5.74) is 9.99. The van der Waals surface area contributed by atoms with Crippen molar-refractivity contribution < 1.29 is 28.2 Å². The predicted octanol–water partition coefficient (Wildman–Crippen LogP) is -0.364. The molecule has 146 valence electrons. The standard InChI is InChI=1S/C15H22F2N4O5/c1-3-7(2)10(19)12(23)26-11-8(6-22)25-13(15(11,16)17)21-5-4-9(18)20-14(21)24/h4-5,7-8,10-11,13,22H,3,6,19H2,1-2H3,(H2,18,20,24)/t7?,8-,10+,11?,13-/m1/s1. The largest absolute Gasteiger partial charge is 0.452 e. The van der Waals surface area contributed by atoms with Crippen molar-refractivity contribution in [3.8, 4) is 0 Å². The number of halogens is 2. The Kier molecular flexibility index (Phi) is 5.94. The van der Waals surface area contributed by atoms with Crippen LogP contribution < -0.4 is 17.2 Å². The van der Waals surface area contributed by atoms with Crippen molar-refractivity contribution in [3.63, 3.8) is 0 Å². The first-order chi connectivity index (χ1) is 12.1. The minimum atomic E-state index is -3.81. The predicted molar refractivity (Wildman–Crippen MR) is 86.2 cm³/mol. The second-order valence-electron chi connectivity index (χ2n) is 6.20. The molecular weight excluding hydrogens is 354 g/mol. The first kappa shape index (κ1) is 20.2. The Morgan fingerprint density at radius 3 is 2.77 bits per heavy atom. The van der Waals surface area contributed by atoms with Gasteiger partial charge >= 0.3 is 17.6 Å². The zero-order valence-electron chi connectivity index (χ0n) is 14.3. The van der Waals surface area contributed by atoms with Crippen LogP contribution in [-0.4, -0.2) is 51.4 Å². The summed E-state index contributed by atoms with van der Waals surface area (Å²) in [4.78, 5) is 27.3. The molecule has 1 aromatic rings. The van der Waals surface area contributed by atoms with Crippen molar-refractivity contribution >= 4 is 11.8 Å². The minimum absolute atomic E-state index is 0.145. The Morgan fingerprint density at radius 1 is 1.58 bits per heavy atom. The number of hydrogen-bond acceptors (Lipinski definition) is 8. The molecule has 5 N–H and O–H groups in total. The van der Waals surface area contributed by atoms with Crippen molar-refractivity contribution in [1.82, 2.24) is 9.55 Å². The van der Waals surface area contributed by atoms with Gasteiger partial charge in [0.1, 0.15) is 18.0 Å². The molecule has 0 aliphatic carbocycles. The van der Waals surface area contributed by atoms with Gasteiger partial charge in [0.25, 0.3) is 0 Å². The maximum atomic E-state index is 14.8. The summed E-state index contributed by atoms with van der Waals surface area (Å²) in [6.45, 7) is 2.62. The molecular formula is C15H22F2N4O5. The zero-order valence-corrected chi connectivity index (χ0v) is 14.3. The van der Waals surface area contributed by atoms with E-state index < -0.39 is 48.7 Å². The highest BCUT2D eigenvalue weighted by atomic mass is 19.3. The summed E-state index contributed by atoms with van der Waals surface area (Å²) in [6, 6.07) is 0.0441. The normalized spacial score (nSPS) is 27.1. The third kappa shape index (κ3) is 3.69. The Hall–Kier alpha value is -2.11. The van der Waals surface area contributed by atoms with Crippen molar-refractivity contribution in [3.05, 3.63) is 22.7 Å². The number of alkyl halides is 2. The van der Waals surface area contributed by atoms with Gasteiger partial charge in [-0.2, -0.15) is 13.8 Å². The fourth-order valence-corrected chi connectivity index (χ4v) is 2.55. The molecule has 1 aromatic heterocycles. The van der Waals surface area contributed by atoms with Gasteiger partial charge in [0.2, 0.25) is 6.23 Å². The van der Waals surface area contributed by atoms with Gasteiger partial charge in [-0.1, -0.05) is 20.3 Å². The molecule has 0 bridgehead atoms. The summed E-state index contributed by atoms with van der Waals surface area (Å²) in [5, 5.41) is 9.35. The number of carbonyl (C=O) groups is 1. The van der Waals surface area contributed by atoms with Crippen LogP contribution in [0.25, 0.3) is 0 Å². The van der Waals surface area contributed by atoms with Crippen LogP contribution in [0, 0.1) is 5.92 Å². The third-order valence-corrected chi connectivity index (χ3v) is 4.41. The SMILES string of the molecule is CCC(C)[C@H](N)C(=O)OC1[C@@H](CO)O[C@@H](n2ccc(N)nc2=O)C1(F)F. The Balaban J connectivity index is 2.29. The quantitative estimate of drug-likeness (QED) is 0.571. The number of nitrogen functional groups attached to an aromatic ring is 1. The van der Waals surface area contributed by atoms with E-state index in [1.165, 1.54) is 0 Å². The number of aromatic nitrogens is 2. The number of aliphatic hydroxyl groups is 1. The molecule has 1 fully saturated rings. The number of rotatable bonds is 6. The first-order valence-electron chi connectivity index (χ1n) is 8.08. The molecule has 0 saturated carbocycles. The lowest BCUT2D eigenvalue weighted by atomic mass is 10.00. The van der Waals surface area contributed by atoms with Gasteiger partial charge in [-0.15, -0.1) is 0 Å². The van der Waals surface area contributed by atoms with Crippen molar-refractivity contribution in [2.45, 2.75) is 50.7 Å². The van der Waals surface area contributed by atoms with Crippen LogP contribution >= 0.6 is 0 Å². The number of nitrogens with zero attached hydrogens (tertiary/aromatic N) is 2. The summed E-state index contributed by atoms with van der Waals surface area (Å²) in [6.07, 6.45) is -4.21. The summed E-state index contributed by atoms with van der Waals surface area (Å²) in [7, 11) is 0. The number of carbonyl (C=O) groups excluding carboxylic acids is 1. The van der Waals surface area contributed by atoms with E-state index in [1.807, 2.05) is 0 Å². The van der Waals surface area contributed by atoms with Crippen LogP contribution in [0.2, 0.25) is 0 Å². The van der Waals surface area contributed by atoms with Crippen LogP contribution in [0.1, 0.15) is 26.5 Å². The molecule has 0 spiro atoms. The van der Waals surface area contributed by atoms with E-state index in [4.69, 9.17) is 20.9 Å². The molecule has 2 unspecified atom stereocenters. The second-order valence-corrected chi connectivity index (χ2v) is 6.20. The average molecular weight is 376 g/mol. The van der Waals surface area contributed by atoms with E-state index in [1.54, 1.807) is 13.8 Å². The summed E-state index contributed by atoms with van der Waals surface area (Å²) >= 11 is 0. The van der Waals surface area contributed by atoms with E-state index in [-0.39, 0.29) is 11.7 Å². The lowest BCUT2D eigenvalue weighted by Gasteiger charge is -2.26. The van der Waals surface area contributed by atoms with Crippen LogP contribution in [0.5, 0.6) is 0 Å². The zero-order chi connectivity index (χ0) is 19.6. The fraction of sp³-hybridized carbons (Fsp3) is 0.667. The van der Waals surface area contributed by atoms with Gasteiger partial charge in [0.15, 0.2) is 6.10 Å². The highest BCUT2D eigenvalue weighted by Gasteiger charge is 2.62. The fourth-order valence-electron chi connectivity index (χ4n) is 2.55. The summed E-state index contributed by atoms with van der Waals surface area (Å²) in [5.74, 6) is -5.27. The van der Waals surface area contributed by atoms with Crippen molar-refractivity contribution in [1.29, 1.82) is 0 Å². The topological polar surface area (TPSA) is 143 Å². The molecule has 5 atom stereocenters. The molecule has 1 saturated heterocycles. The number of nitrogens with two attached hydrogens (primary N) is 2. The molecule has 11 heteroatoms. The number of ether oxygens (including phenoxy) is 2. The van der Waals surface area contributed by atoms with Gasteiger partial charge in [0, 0.05) is 6.20 Å². The molecule has 0 aromatic carbocycles. The maximum Gasteiger partial charge on any atom is 0.351 e. The maximum absolute atomic E-state index is 14.8. The molecule has 9 nitrogen and oxygen atoms in total.